The van der Waals surface area contributed by atoms with Crippen molar-refractivity contribution in [3.05, 3.63) is 47.5 Å². The van der Waals surface area contributed by atoms with Gasteiger partial charge in [0.25, 0.3) is 5.91 Å². The van der Waals surface area contributed by atoms with Crippen LogP contribution >= 0.6 is 0 Å². The van der Waals surface area contributed by atoms with Crippen LogP contribution in [-0.2, 0) is 7.05 Å². The molecule has 5 nitrogen and oxygen atoms in total. The fourth-order valence-corrected chi connectivity index (χ4v) is 1.96. The quantitative estimate of drug-likeness (QED) is 0.912. The summed E-state index contributed by atoms with van der Waals surface area (Å²) in [6.45, 7) is 3.95. The Morgan fingerprint density at radius 1 is 1.42 bits per heavy atom. The third-order valence-corrected chi connectivity index (χ3v) is 2.98. The lowest BCUT2D eigenvalue weighted by Gasteiger charge is -2.15. The van der Waals surface area contributed by atoms with Gasteiger partial charge in [0.15, 0.2) is 0 Å². The first-order chi connectivity index (χ1) is 9.10. The number of pyridine rings is 1. The second kappa shape index (κ2) is 5.65. The highest BCUT2D eigenvalue weighted by Gasteiger charge is 2.15. The van der Waals surface area contributed by atoms with Crippen molar-refractivity contribution in [2.75, 3.05) is 0 Å². The van der Waals surface area contributed by atoms with Gasteiger partial charge in [-0.25, -0.2) is 0 Å². The number of rotatable bonds is 4. The molecule has 2 rings (SSSR count). The standard InChI is InChI=1S/C14H18N4O/c1-4-13(12-8-16-18(3)9-12)17-14(19)11-5-10(2)6-15-7-11/h5-9,13H,4H2,1-3H3,(H,17,19)/t13-/m0/s1. The number of hydrogen-bond acceptors (Lipinski definition) is 3. The Balaban J connectivity index is 2.12. The van der Waals surface area contributed by atoms with Crippen LogP contribution in [0.25, 0.3) is 0 Å². The molecule has 2 aromatic heterocycles. The average Bonchev–Trinajstić information content (AvgIpc) is 2.82. The zero-order valence-corrected chi connectivity index (χ0v) is 11.4. The fraction of sp³-hybridized carbons (Fsp3) is 0.357. The van der Waals surface area contributed by atoms with E-state index in [2.05, 4.69) is 15.4 Å². The highest BCUT2D eigenvalue weighted by Crippen LogP contribution is 2.16. The zero-order chi connectivity index (χ0) is 13.8. The number of carbonyl (C=O) groups is 1. The maximum absolute atomic E-state index is 12.2. The Labute approximate surface area is 112 Å². The molecular formula is C14H18N4O. The summed E-state index contributed by atoms with van der Waals surface area (Å²) in [5.41, 5.74) is 2.57. The van der Waals surface area contributed by atoms with Gasteiger partial charge >= 0.3 is 0 Å². The molecule has 0 saturated heterocycles. The molecule has 0 radical (unpaired) electrons. The van der Waals surface area contributed by atoms with Gasteiger partial charge in [0, 0.05) is 31.2 Å². The number of carbonyl (C=O) groups excluding carboxylic acids is 1. The van der Waals surface area contributed by atoms with Crippen molar-refractivity contribution in [1.82, 2.24) is 20.1 Å². The van der Waals surface area contributed by atoms with Crippen molar-refractivity contribution in [1.29, 1.82) is 0 Å². The number of amides is 1. The van der Waals surface area contributed by atoms with E-state index in [1.165, 1.54) is 0 Å². The molecule has 0 bridgehead atoms. The molecule has 1 atom stereocenters. The summed E-state index contributed by atoms with van der Waals surface area (Å²) < 4.78 is 1.73. The maximum atomic E-state index is 12.2. The van der Waals surface area contributed by atoms with Gasteiger partial charge in [-0.1, -0.05) is 6.92 Å². The predicted octanol–water partition coefficient (Wildman–Crippen LogP) is 2.00. The van der Waals surface area contributed by atoms with Crippen molar-refractivity contribution >= 4 is 5.91 Å². The normalized spacial score (nSPS) is 12.2. The molecule has 1 N–H and O–H groups in total. The molecule has 0 aliphatic carbocycles. The minimum absolute atomic E-state index is 0.0262. The second-order valence-electron chi connectivity index (χ2n) is 4.63. The summed E-state index contributed by atoms with van der Waals surface area (Å²) in [4.78, 5) is 16.2. The third-order valence-electron chi connectivity index (χ3n) is 2.98. The second-order valence-corrected chi connectivity index (χ2v) is 4.63. The first kappa shape index (κ1) is 13.3. The van der Waals surface area contributed by atoms with Crippen LogP contribution in [0.5, 0.6) is 0 Å². The molecular weight excluding hydrogens is 240 g/mol. The summed E-state index contributed by atoms with van der Waals surface area (Å²) in [6, 6.07) is 1.81. The number of aryl methyl sites for hydroxylation is 2. The van der Waals surface area contributed by atoms with Crippen molar-refractivity contribution in [3.8, 4) is 0 Å². The summed E-state index contributed by atoms with van der Waals surface area (Å²) in [5, 5.41) is 7.14. The van der Waals surface area contributed by atoms with E-state index in [-0.39, 0.29) is 11.9 Å². The lowest BCUT2D eigenvalue weighted by molar-refractivity contribution is 0.0935. The largest absolute Gasteiger partial charge is 0.345 e. The van der Waals surface area contributed by atoms with Crippen molar-refractivity contribution < 1.29 is 4.79 Å². The van der Waals surface area contributed by atoms with E-state index in [4.69, 9.17) is 0 Å². The summed E-state index contributed by atoms with van der Waals surface area (Å²) in [5.74, 6) is -0.105. The molecule has 1 amide bonds. The molecule has 0 unspecified atom stereocenters. The van der Waals surface area contributed by atoms with Crippen molar-refractivity contribution in [2.45, 2.75) is 26.3 Å². The SMILES string of the molecule is CC[C@H](NC(=O)c1cncc(C)c1)c1cnn(C)c1. The Kier molecular flexibility index (Phi) is 3.94. The number of hydrogen-bond donors (Lipinski definition) is 1. The van der Waals surface area contributed by atoms with Crippen LogP contribution in [0.2, 0.25) is 0 Å². The lowest BCUT2D eigenvalue weighted by Crippen LogP contribution is -2.28. The van der Waals surface area contributed by atoms with Gasteiger partial charge in [0.1, 0.15) is 0 Å². The van der Waals surface area contributed by atoms with Gasteiger partial charge in [-0.15, -0.1) is 0 Å². The van der Waals surface area contributed by atoms with Crippen LogP contribution in [0.4, 0.5) is 0 Å². The minimum Gasteiger partial charge on any atom is -0.345 e. The van der Waals surface area contributed by atoms with Gasteiger partial charge in [0.2, 0.25) is 0 Å². The highest BCUT2D eigenvalue weighted by molar-refractivity contribution is 5.94. The van der Waals surface area contributed by atoms with Crippen LogP contribution in [0, 0.1) is 6.92 Å². The van der Waals surface area contributed by atoms with Gasteiger partial charge in [0.05, 0.1) is 17.8 Å². The first-order valence-corrected chi connectivity index (χ1v) is 6.31. The van der Waals surface area contributed by atoms with E-state index in [0.717, 1.165) is 17.5 Å². The van der Waals surface area contributed by atoms with Crippen LogP contribution in [0.15, 0.2) is 30.9 Å². The lowest BCUT2D eigenvalue weighted by atomic mass is 10.1. The first-order valence-electron chi connectivity index (χ1n) is 6.31. The molecule has 0 aromatic carbocycles. The molecule has 0 aliphatic rings. The Hall–Kier alpha value is -2.17. The Morgan fingerprint density at radius 3 is 2.79 bits per heavy atom. The number of nitrogens with zero attached hydrogens (tertiary/aromatic N) is 3. The molecule has 2 heterocycles. The van der Waals surface area contributed by atoms with Crippen LogP contribution in [0.1, 0.15) is 40.9 Å². The third kappa shape index (κ3) is 3.19. The van der Waals surface area contributed by atoms with Gasteiger partial charge in [-0.3, -0.25) is 14.5 Å². The molecule has 0 aliphatic heterocycles. The topological polar surface area (TPSA) is 59.8 Å². The molecule has 0 saturated carbocycles. The Morgan fingerprint density at radius 2 is 2.21 bits per heavy atom. The fourth-order valence-electron chi connectivity index (χ4n) is 1.96. The molecule has 2 aromatic rings. The average molecular weight is 258 g/mol. The van der Waals surface area contributed by atoms with Crippen molar-refractivity contribution in [2.24, 2.45) is 7.05 Å². The predicted molar refractivity (Wildman–Crippen MR) is 72.7 cm³/mol. The van der Waals surface area contributed by atoms with Crippen LogP contribution < -0.4 is 5.32 Å². The molecule has 100 valence electrons. The number of nitrogens with one attached hydrogen (secondary N) is 1. The van der Waals surface area contributed by atoms with Gasteiger partial charge in [-0.05, 0) is 25.0 Å². The summed E-state index contributed by atoms with van der Waals surface area (Å²) >= 11 is 0. The minimum atomic E-state index is -0.105. The Bertz CT molecular complexity index is 576. The number of aromatic nitrogens is 3. The van der Waals surface area contributed by atoms with Gasteiger partial charge in [-0.2, -0.15) is 5.10 Å². The molecule has 0 spiro atoms. The summed E-state index contributed by atoms with van der Waals surface area (Å²) in [6.07, 6.45) is 7.83. The zero-order valence-electron chi connectivity index (χ0n) is 11.4. The van der Waals surface area contributed by atoms with Gasteiger partial charge < -0.3 is 5.32 Å². The van der Waals surface area contributed by atoms with E-state index >= 15 is 0 Å². The van der Waals surface area contributed by atoms with E-state index in [9.17, 15) is 4.79 Å². The molecule has 5 heteroatoms. The summed E-state index contributed by atoms with van der Waals surface area (Å²) in [7, 11) is 1.86. The maximum Gasteiger partial charge on any atom is 0.253 e. The van der Waals surface area contributed by atoms with Crippen molar-refractivity contribution in [3.63, 3.8) is 0 Å². The monoisotopic (exact) mass is 258 g/mol. The molecule has 0 fully saturated rings. The molecule has 19 heavy (non-hydrogen) atoms. The van der Waals surface area contributed by atoms with E-state index in [1.54, 1.807) is 23.3 Å². The highest BCUT2D eigenvalue weighted by atomic mass is 16.1. The van der Waals surface area contributed by atoms with E-state index in [1.807, 2.05) is 33.2 Å². The van der Waals surface area contributed by atoms with Crippen LogP contribution in [-0.4, -0.2) is 20.7 Å². The van der Waals surface area contributed by atoms with Crippen LogP contribution in [0.3, 0.4) is 0 Å². The smallest absolute Gasteiger partial charge is 0.253 e. The van der Waals surface area contributed by atoms with E-state index in [0.29, 0.717) is 5.56 Å². The van der Waals surface area contributed by atoms with E-state index < -0.39 is 0 Å².